The number of benzene rings is 1. The number of halogens is 1. The first-order valence-corrected chi connectivity index (χ1v) is 24.2. The number of nitrogens with zero attached hydrogens (tertiary/aromatic N) is 7. The van der Waals surface area contributed by atoms with Gasteiger partial charge in [-0.1, -0.05) is 12.1 Å². The fourth-order valence-corrected chi connectivity index (χ4v) is 8.21. The molecule has 4 aromatic rings. The van der Waals surface area contributed by atoms with E-state index in [4.69, 9.17) is 14.6 Å². The van der Waals surface area contributed by atoms with Gasteiger partial charge in [0, 0.05) is 35.5 Å². The normalized spacial score (nSPS) is 16.4. The lowest BCUT2D eigenvalue weighted by molar-refractivity contribution is -0.119. The Bertz CT molecular complexity index is 1820. The fourth-order valence-electron chi connectivity index (χ4n) is 6.97. The van der Waals surface area contributed by atoms with Gasteiger partial charge in [-0.15, -0.1) is 10.2 Å². The zero-order valence-corrected chi connectivity index (χ0v) is 33.9. The maximum absolute atomic E-state index is 15.1. The van der Waals surface area contributed by atoms with E-state index in [0.717, 1.165) is 59.7 Å². The van der Waals surface area contributed by atoms with Crippen LogP contribution in [0, 0.1) is 37.4 Å². The number of amides is 1. The number of rotatable bonds is 18. The van der Waals surface area contributed by atoms with Crippen LogP contribution in [0.1, 0.15) is 48.8 Å². The van der Waals surface area contributed by atoms with Gasteiger partial charge in [-0.2, -0.15) is 10.2 Å². The number of carbonyl (C=O) groups is 1. The Morgan fingerprint density at radius 1 is 0.923 bits per heavy atom. The number of hydrogen-bond acceptors (Lipinski definition) is 7. The first-order chi connectivity index (χ1) is 24.6. The second-order valence-corrected chi connectivity index (χ2v) is 25.5. The van der Waals surface area contributed by atoms with Crippen LogP contribution in [-0.2, 0) is 34.8 Å². The molecule has 0 spiro atoms. The van der Waals surface area contributed by atoms with Gasteiger partial charge in [0.15, 0.2) is 11.6 Å². The smallest absolute Gasteiger partial charge is 0.235 e. The molecule has 2 aliphatic rings. The summed E-state index contributed by atoms with van der Waals surface area (Å²) < 4.78 is 32.5. The van der Waals surface area contributed by atoms with Crippen LogP contribution in [0.3, 0.4) is 0 Å². The van der Waals surface area contributed by atoms with E-state index >= 15 is 4.39 Å². The van der Waals surface area contributed by atoms with E-state index in [0.29, 0.717) is 49.1 Å². The Morgan fingerprint density at radius 2 is 1.52 bits per heavy atom. The van der Waals surface area contributed by atoms with Crippen molar-refractivity contribution in [3.05, 3.63) is 53.5 Å². The first-order valence-electron chi connectivity index (χ1n) is 18.1. The van der Waals surface area contributed by atoms with Gasteiger partial charge >= 0.3 is 0 Å². The largest absolute Gasteiger partial charge is 0.360 e. The van der Waals surface area contributed by atoms with Gasteiger partial charge < -0.3 is 14.8 Å². The molecule has 52 heavy (non-hydrogen) atoms. The molecule has 0 saturated heterocycles. The molecule has 2 saturated carbocycles. The Kier molecular flexibility index (Phi) is 11.6. The van der Waals surface area contributed by atoms with Gasteiger partial charge in [0.2, 0.25) is 5.91 Å². The van der Waals surface area contributed by atoms with Crippen molar-refractivity contribution in [3.63, 3.8) is 0 Å². The van der Waals surface area contributed by atoms with Gasteiger partial charge in [0.1, 0.15) is 30.9 Å². The SMILES string of the molecule is Cc1nn(COCCS(C)(C)C)c(C)c1-c1ccc(NC(=O)C(c2nnc(-c3c(F)cnn3C)n2COCCS(C)(C)C)C(C2CC2)C2CC2)cc1. The third-order valence-corrected chi connectivity index (χ3v) is 12.9. The average molecular weight is 757 g/mol. The van der Waals surface area contributed by atoms with E-state index in [-0.39, 0.29) is 24.2 Å². The second-order valence-electron chi connectivity index (χ2n) is 16.3. The molecule has 1 aromatic carbocycles. The highest BCUT2D eigenvalue weighted by Crippen LogP contribution is 2.55. The highest BCUT2D eigenvalue weighted by Gasteiger charge is 2.50. The van der Waals surface area contributed by atoms with Crippen LogP contribution in [0.4, 0.5) is 10.1 Å². The Labute approximate surface area is 311 Å². The van der Waals surface area contributed by atoms with Crippen molar-refractivity contribution in [1.82, 2.24) is 34.3 Å². The summed E-state index contributed by atoms with van der Waals surface area (Å²) in [5.74, 6) is 2.63. The zero-order valence-electron chi connectivity index (χ0n) is 32.3. The van der Waals surface area contributed by atoms with Crippen molar-refractivity contribution in [2.45, 2.75) is 58.9 Å². The molecule has 3 heterocycles. The molecule has 0 aliphatic heterocycles. The topological polar surface area (TPSA) is 114 Å². The molecule has 286 valence electrons. The van der Waals surface area contributed by atoms with Gasteiger partial charge in [-0.25, -0.2) is 29.1 Å². The summed E-state index contributed by atoms with van der Waals surface area (Å²) in [5.41, 5.74) is 5.00. The van der Waals surface area contributed by atoms with E-state index in [1.807, 2.05) is 35.9 Å². The Balaban J connectivity index is 1.26. The van der Waals surface area contributed by atoms with Crippen LogP contribution in [-0.4, -0.2) is 102 Å². The molecule has 1 N–H and O–H groups in total. The molecule has 1 amide bonds. The summed E-state index contributed by atoms with van der Waals surface area (Å²) in [7, 11) is 0.296. The van der Waals surface area contributed by atoms with Gasteiger partial charge in [0.05, 0.1) is 25.1 Å². The molecule has 2 fully saturated rings. The molecule has 1 atom stereocenters. The minimum Gasteiger partial charge on any atom is -0.360 e. The van der Waals surface area contributed by atoms with Gasteiger partial charge in [-0.3, -0.25) is 14.0 Å². The summed E-state index contributed by atoms with van der Waals surface area (Å²) in [5, 5.41) is 21.3. The van der Waals surface area contributed by atoms with E-state index in [2.05, 4.69) is 65.1 Å². The Morgan fingerprint density at radius 3 is 2.06 bits per heavy atom. The van der Waals surface area contributed by atoms with Crippen LogP contribution in [0.15, 0.2) is 30.5 Å². The lowest BCUT2D eigenvalue weighted by Gasteiger charge is -2.27. The monoisotopic (exact) mass is 756 g/mol. The third-order valence-electron chi connectivity index (χ3n) is 10.1. The molecule has 1 unspecified atom stereocenters. The molecule has 0 radical (unpaired) electrons. The molecular weight excluding hydrogens is 700 g/mol. The average Bonchev–Trinajstić information content (AvgIpc) is 3.99. The molecular formula is C38H57FN8O3S2. The highest BCUT2D eigenvalue weighted by atomic mass is 32.3. The number of carbonyl (C=O) groups excluding carboxylic acids is 1. The highest BCUT2D eigenvalue weighted by molar-refractivity contribution is 8.32. The van der Waals surface area contributed by atoms with Crippen LogP contribution in [0.2, 0.25) is 0 Å². The third kappa shape index (κ3) is 9.29. The quantitative estimate of drug-likeness (QED) is 0.111. The summed E-state index contributed by atoms with van der Waals surface area (Å²) >= 11 is 0. The van der Waals surface area contributed by atoms with Crippen molar-refractivity contribution in [2.24, 2.45) is 24.8 Å². The molecule has 11 nitrogen and oxygen atoms in total. The number of aryl methyl sites for hydroxylation is 2. The van der Waals surface area contributed by atoms with Crippen molar-refractivity contribution < 1.29 is 18.7 Å². The molecule has 2 aliphatic carbocycles. The van der Waals surface area contributed by atoms with E-state index in [1.54, 1.807) is 11.6 Å². The minimum absolute atomic E-state index is 0.118. The predicted molar refractivity (Wildman–Crippen MR) is 212 cm³/mol. The summed E-state index contributed by atoms with van der Waals surface area (Å²) in [6, 6.07) is 7.97. The van der Waals surface area contributed by atoms with Crippen LogP contribution >= 0.6 is 20.1 Å². The number of aromatic nitrogens is 7. The number of nitrogens with one attached hydrogen (secondary N) is 1. The summed E-state index contributed by atoms with van der Waals surface area (Å²) in [4.78, 5) is 14.6. The molecule has 14 heteroatoms. The number of ether oxygens (including phenoxy) is 2. The number of anilines is 1. The standard InChI is InChI=1S/C38H57FN8O3S2/c1-25-32(26(2)47(44-25)24-50-19-21-52(7,8)9)27-14-16-30(17-15-27)41-38(48)34(33(28-10-11-28)29-12-13-29)36-42-43-37(35-31(39)22-40-45(35)3)46(36)23-49-18-20-51(4,5)6/h14-17,22,28-29,33-34H,10-13,18-21,23-24H2,1-9H3,(H,41,48). The van der Waals surface area contributed by atoms with Crippen LogP contribution in [0.25, 0.3) is 22.6 Å². The summed E-state index contributed by atoms with van der Waals surface area (Å²) in [6.07, 6.45) is 19.2. The lowest BCUT2D eigenvalue weighted by atomic mass is 9.82. The molecule has 0 bridgehead atoms. The zero-order chi connectivity index (χ0) is 37.4. The van der Waals surface area contributed by atoms with E-state index < -0.39 is 31.8 Å². The Hall–Kier alpha value is -3.20. The maximum Gasteiger partial charge on any atom is 0.235 e. The minimum atomic E-state index is -0.773. The fraction of sp³-hybridized carbons (Fsp3) is 0.605. The van der Waals surface area contributed by atoms with Crippen molar-refractivity contribution in [2.75, 3.05) is 67.6 Å². The maximum atomic E-state index is 15.1. The summed E-state index contributed by atoms with van der Waals surface area (Å²) in [6.45, 7) is 5.89. The van der Waals surface area contributed by atoms with Crippen LogP contribution in [0.5, 0.6) is 0 Å². The van der Waals surface area contributed by atoms with Crippen LogP contribution < -0.4 is 5.32 Å². The van der Waals surface area contributed by atoms with Gasteiger partial charge in [-0.05, 0) is 113 Å². The van der Waals surface area contributed by atoms with Crippen molar-refractivity contribution in [1.29, 1.82) is 0 Å². The van der Waals surface area contributed by atoms with Crippen molar-refractivity contribution >= 4 is 31.7 Å². The van der Waals surface area contributed by atoms with E-state index in [1.165, 1.54) is 10.9 Å². The van der Waals surface area contributed by atoms with Crippen molar-refractivity contribution in [3.8, 4) is 22.6 Å². The molecule has 3 aromatic heterocycles. The lowest BCUT2D eigenvalue weighted by Crippen LogP contribution is -2.32. The van der Waals surface area contributed by atoms with Gasteiger partial charge in [0.25, 0.3) is 0 Å². The first kappa shape index (κ1) is 38.5. The molecule has 6 rings (SSSR count). The second kappa shape index (κ2) is 15.6. The predicted octanol–water partition coefficient (Wildman–Crippen LogP) is 6.79. The van der Waals surface area contributed by atoms with E-state index in [9.17, 15) is 4.79 Å². The number of hydrogen-bond donors (Lipinski definition) is 1.